The third-order valence-corrected chi connectivity index (χ3v) is 2.55. The summed E-state index contributed by atoms with van der Waals surface area (Å²) in [6.45, 7) is 2.05. The summed E-state index contributed by atoms with van der Waals surface area (Å²) in [6, 6.07) is 6.69. The van der Waals surface area contributed by atoms with Gasteiger partial charge >= 0.3 is 0 Å². The van der Waals surface area contributed by atoms with Crippen molar-refractivity contribution in [2.45, 2.75) is 31.8 Å². The number of hydrogen-bond acceptors (Lipinski definition) is 3. The van der Waals surface area contributed by atoms with E-state index in [-0.39, 0.29) is 6.04 Å². The van der Waals surface area contributed by atoms with Crippen LogP contribution in [0, 0.1) is 0 Å². The first-order valence-electron chi connectivity index (χ1n) is 5.44. The van der Waals surface area contributed by atoms with E-state index in [4.69, 9.17) is 5.73 Å². The van der Waals surface area contributed by atoms with Crippen LogP contribution in [0.15, 0.2) is 24.4 Å². The number of rotatable bonds is 5. The molecular weight excluding hydrogens is 186 g/mol. The Morgan fingerprint density at radius 1 is 1.33 bits per heavy atom. The van der Waals surface area contributed by atoms with Crippen molar-refractivity contribution in [1.82, 2.24) is 9.88 Å². The van der Waals surface area contributed by atoms with Crippen molar-refractivity contribution in [3.05, 3.63) is 30.1 Å². The lowest BCUT2D eigenvalue weighted by Gasteiger charge is -2.24. The molecule has 84 valence electrons. The minimum absolute atomic E-state index is 0.260. The molecule has 0 saturated heterocycles. The fourth-order valence-electron chi connectivity index (χ4n) is 1.66. The maximum atomic E-state index is 5.78. The zero-order valence-corrected chi connectivity index (χ0v) is 9.85. The van der Waals surface area contributed by atoms with Crippen molar-refractivity contribution < 1.29 is 0 Å². The maximum absolute atomic E-state index is 5.78. The van der Waals surface area contributed by atoms with Crippen molar-refractivity contribution in [1.29, 1.82) is 0 Å². The van der Waals surface area contributed by atoms with Gasteiger partial charge in [-0.05, 0) is 46.0 Å². The smallest absolute Gasteiger partial charge is 0.0575 e. The highest BCUT2D eigenvalue weighted by Crippen LogP contribution is 2.21. The van der Waals surface area contributed by atoms with Gasteiger partial charge in [-0.1, -0.05) is 6.07 Å². The zero-order chi connectivity index (χ0) is 11.3. The number of pyridine rings is 1. The topological polar surface area (TPSA) is 42.1 Å². The van der Waals surface area contributed by atoms with Gasteiger partial charge in [-0.15, -0.1) is 0 Å². The number of nitrogens with zero attached hydrogens (tertiary/aromatic N) is 2. The van der Waals surface area contributed by atoms with Gasteiger partial charge in [0.15, 0.2) is 0 Å². The van der Waals surface area contributed by atoms with Crippen LogP contribution in [0.25, 0.3) is 0 Å². The predicted molar refractivity (Wildman–Crippen MR) is 63.5 cm³/mol. The van der Waals surface area contributed by atoms with E-state index in [1.165, 1.54) is 0 Å². The fraction of sp³-hybridized carbons (Fsp3) is 0.583. The van der Waals surface area contributed by atoms with Gasteiger partial charge in [-0.2, -0.15) is 0 Å². The van der Waals surface area contributed by atoms with Crippen LogP contribution in [0.5, 0.6) is 0 Å². The first-order valence-corrected chi connectivity index (χ1v) is 5.44. The number of hydrogen-bond donors (Lipinski definition) is 1. The second-order valence-corrected chi connectivity index (χ2v) is 4.29. The van der Waals surface area contributed by atoms with Gasteiger partial charge < -0.3 is 10.6 Å². The van der Waals surface area contributed by atoms with E-state index < -0.39 is 0 Å². The van der Waals surface area contributed by atoms with Crippen molar-refractivity contribution in [2.75, 3.05) is 14.1 Å². The third-order valence-electron chi connectivity index (χ3n) is 2.55. The second kappa shape index (κ2) is 5.83. The summed E-state index contributed by atoms with van der Waals surface area (Å²) in [4.78, 5) is 6.59. The second-order valence-electron chi connectivity index (χ2n) is 4.29. The summed E-state index contributed by atoms with van der Waals surface area (Å²) < 4.78 is 0. The van der Waals surface area contributed by atoms with Crippen LogP contribution in [0.3, 0.4) is 0 Å². The summed E-state index contributed by atoms with van der Waals surface area (Å²) in [5.74, 6) is 0. The summed E-state index contributed by atoms with van der Waals surface area (Å²) in [5.41, 5.74) is 6.91. The molecule has 1 heterocycles. The minimum atomic E-state index is 0.260. The highest BCUT2D eigenvalue weighted by molar-refractivity contribution is 5.08. The molecule has 1 rings (SSSR count). The first-order chi connectivity index (χ1) is 7.11. The molecule has 1 aromatic heterocycles. The molecule has 0 radical (unpaired) electrons. The highest BCUT2D eigenvalue weighted by Gasteiger charge is 2.15. The molecule has 0 aliphatic rings. The molecule has 2 atom stereocenters. The monoisotopic (exact) mass is 207 g/mol. The average Bonchev–Trinajstić information content (AvgIpc) is 2.18. The lowest BCUT2D eigenvalue weighted by atomic mass is 10.0. The quantitative estimate of drug-likeness (QED) is 0.800. The van der Waals surface area contributed by atoms with Crippen molar-refractivity contribution in [2.24, 2.45) is 5.73 Å². The van der Waals surface area contributed by atoms with E-state index in [1.54, 1.807) is 0 Å². The lowest BCUT2D eigenvalue weighted by Crippen LogP contribution is -2.24. The molecule has 1 aromatic rings. The van der Waals surface area contributed by atoms with E-state index in [2.05, 4.69) is 30.0 Å². The van der Waals surface area contributed by atoms with Gasteiger partial charge in [0.1, 0.15) is 0 Å². The fourth-order valence-corrected chi connectivity index (χ4v) is 1.66. The molecule has 0 spiro atoms. The molecule has 0 bridgehead atoms. The average molecular weight is 207 g/mol. The Morgan fingerprint density at radius 3 is 2.53 bits per heavy atom. The van der Waals surface area contributed by atoms with E-state index >= 15 is 0 Å². The Morgan fingerprint density at radius 2 is 2.07 bits per heavy atom. The molecule has 0 aliphatic heterocycles. The molecule has 0 aliphatic carbocycles. The van der Waals surface area contributed by atoms with Gasteiger partial charge in [-0.25, -0.2) is 0 Å². The first kappa shape index (κ1) is 12.1. The molecule has 0 fully saturated rings. The Bertz CT molecular complexity index is 269. The van der Waals surface area contributed by atoms with Gasteiger partial charge in [-0.3, -0.25) is 4.98 Å². The molecular formula is C12H21N3. The summed E-state index contributed by atoms with van der Waals surface area (Å²) in [6.07, 6.45) is 3.93. The molecule has 0 amide bonds. The summed E-state index contributed by atoms with van der Waals surface area (Å²) >= 11 is 0. The summed E-state index contributed by atoms with van der Waals surface area (Å²) in [5, 5.41) is 0. The van der Waals surface area contributed by atoms with Crippen LogP contribution in [0.2, 0.25) is 0 Å². The number of nitrogens with two attached hydrogens (primary N) is 1. The van der Waals surface area contributed by atoms with E-state index in [9.17, 15) is 0 Å². The zero-order valence-electron chi connectivity index (χ0n) is 9.85. The van der Waals surface area contributed by atoms with Crippen molar-refractivity contribution in [3.8, 4) is 0 Å². The van der Waals surface area contributed by atoms with Crippen LogP contribution in [-0.2, 0) is 0 Å². The molecule has 3 nitrogen and oxygen atoms in total. The third kappa shape index (κ3) is 3.98. The van der Waals surface area contributed by atoms with Crippen LogP contribution in [-0.4, -0.2) is 30.0 Å². The SMILES string of the molecule is CC(N)CCC(c1ccccn1)N(C)C. The summed E-state index contributed by atoms with van der Waals surface area (Å²) in [7, 11) is 4.17. The predicted octanol–water partition coefficient (Wildman–Crippen LogP) is 1.81. The van der Waals surface area contributed by atoms with Crippen LogP contribution >= 0.6 is 0 Å². The van der Waals surface area contributed by atoms with Crippen molar-refractivity contribution >= 4 is 0 Å². The van der Waals surface area contributed by atoms with Gasteiger partial charge in [0.2, 0.25) is 0 Å². The minimum Gasteiger partial charge on any atom is -0.328 e. The van der Waals surface area contributed by atoms with Gasteiger partial charge in [0, 0.05) is 12.2 Å². The maximum Gasteiger partial charge on any atom is 0.0575 e. The Labute approximate surface area is 92.3 Å². The Kier molecular flexibility index (Phi) is 4.72. The number of aromatic nitrogens is 1. The van der Waals surface area contributed by atoms with Crippen LogP contribution in [0.1, 0.15) is 31.5 Å². The van der Waals surface area contributed by atoms with Gasteiger partial charge in [0.05, 0.1) is 11.7 Å². The molecule has 3 heteroatoms. The molecule has 2 N–H and O–H groups in total. The lowest BCUT2D eigenvalue weighted by molar-refractivity contribution is 0.269. The molecule has 15 heavy (non-hydrogen) atoms. The van der Waals surface area contributed by atoms with Crippen LogP contribution < -0.4 is 5.73 Å². The highest BCUT2D eigenvalue weighted by atomic mass is 15.1. The molecule has 0 aromatic carbocycles. The van der Waals surface area contributed by atoms with E-state index in [0.29, 0.717) is 6.04 Å². The van der Waals surface area contributed by atoms with E-state index in [0.717, 1.165) is 18.5 Å². The Balaban J connectivity index is 2.66. The standard InChI is InChI=1S/C12H21N3/c1-10(13)7-8-12(15(2)3)11-6-4-5-9-14-11/h4-6,9-10,12H,7-8,13H2,1-3H3. The van der Waals surface area contributed by atoms with Crippen LogP contribution in [0.4, 0.5) is 0 Å². The largest absolute Gasteiger partial charge is 0.328 e. The van der Waals surface area contributed by atoms with Crippen molar-refractivity contribution in [3.63, 3.8) is 0 Å². The Hall–Kier alpha value is -0.930. The molecule has 0 saturated carbocycles. The van der Waals surface area contributed by atoms with E-state index in [1.807, 2.05) is 25.3 Å². The normalized spacial score (nSPS) is 15.3. The molecule has 2 unspecified atom stereocenters. The van der Waals surface area contributed by atoms with Gasteiger partial charge in [0.25, 0.3) is 0 Å².